The van der Waals surface area contributed by atoms with E-state index in [4.69, 9.17) is 9.40 Å². The van der Waals surface area contributed by atoms with Crippen LogP contribution in [0.2, 0.25) is 0 Å². The van der Waals surface area contributed by atoms with E-state index in [1.54, 1.807) is 18.7 Å². The van der Waals surface area contributed by atoms with Crippen molar-refractivity contribution in [1.82, 2.24) is 19.5 Å². The molecular weight excluding hydrogens is 420 g/mol. The van der Waals surface area contributed by atoms with E-state index in [9.17, 15) is 0 Å². The average molecular weight is 438 g/mol. The summed E-state index contributed by atoms with van der Waals surface area (Å²) >= 11 is 0. The number of nitrogens with zero attached hydrogens (tertiary/aromatic N) is 4. The van der Waals surface area contributed by atoms with Crippen molar-refractivity contribution in [3.8, 4) is 28.5 Å². The fourth-order valence-electron chi connectivity index (χ4n) is 4.64. The number of fused-ring (bicyclic) bond motifs is 4. The van der Waals surface area contributed by atoms with E-state index in [2.05, 4.69) is 63.1 Å². The first kappa shape index (κ1) is 18.8. The molecule has 0 radical (unpaired) electrons. The fraction of sp³-hybridized carbons (Fsp3) is 0. The number of aromatic nitrogens is 4. The molecule has 7 aromatic rings. The monoisotopic (exact) mass is 438 g/mol. The Labute approximate surface area is 195 Å². The Kier molecular flexibility index (Phi) is 4.08. The van der Waals surface area contributed by atoms with Gasteiger partial charge in [-0.05, 0) is 54.6 Å². The smallest absolute Gasteiger partial charge is 0.135 e. The molecule has 5 heterocycles. The molecule has 0 aliphatic heterocycles. The molecule has 5 nitrogen and oxygen atoms in total. The van der Waals surface area contributed by atoms with Crippen LogP contribution in [0, 0.1) is 0 Å². The Morgan fingerprint density at radius 2 is 1.29 bits per heavy atom. The highest BCUT2D eigenvalue weighted by Crippen LogP contribution is 2.36. The van der Waals surface area contributed by atoms with E-state index in [-0.39, 0.29) is 0 Å². The Hall–Kier alpha value is -4.77. The number of benzene rings is 2. The molecule has 0 fully saturated rings. The summed E-state index contributed by atoms with van der Waals surface area (Å²) < 4.78 is 8.02. The van der Waals surface area contributed by atoms with Gasteiger partial charge in [0.25, 0.3) is 0 Å². The molecule has 0 aliphatic rings. The minimum atomic E-state index is 0.795. The van der Waals surface area contributed by atoms with Gasteiger partial charge in [-0.3, -0.25) is 9.97 Å². The molecule has 0 aliphatic carbocycles. The maximum Gasteiger partial charge on any atom is 0.135 e. The van der Waals surface area contributed by atoms with Crippen LogP contribution in [0.4, 0.5) is 0 Å². The summed E-state index contributed by atoms with van der Waals surface area (Å²) in [5.74, 6) is 0. The van der Waals surface area contributed by atoms with Gasteiger partial charge in [-0.15, -0.1) is 0 Å². The molecule has 0 spiro atoms. The van der Waals surface area contributed by atoms with Crippen molar-refractivity contribution in [2.45, 2.75) is 0 Å². The third kappa shape index (κ3) is 2.91. The third-order valence-electron chi connectivity index (χ3n) is 6.17. The summed E-state index contributed by atoms with van der Waals surface area (Å²) in [6.45, 7) is 0. The fourth-order valence-corrected chi connectivity index (χ4v) is 4.64. The zero-order valence-electron chi connectivity index (χ0n) is 18.1. The van der Waals surface area contributed by atoms with Crippen molar-refractivity contribution in [3.63, 3.8) is 0 Å². The molecule has 0 bridgehead atoms. The zero-order valence-corrected chi connectivity index (χ0v) is 18.1. The Morgan fingerprint density at radius 1 is 0.588 bits per heavy atom. The number of para-hydroxylation sites is 1. The normalized spacial score (nSPS) is 11.5. The lowest BCUT2D eigenvalue weighted by Gasteiger charge is -2.12. The predicted octanol–water partition coefficient (Wildman–Crippen LogP) is 7.05. The van der Waals surface area contributed by atoms with Crippen molar-refractivity contribution in [2.75, 3.05) is 0 Å². The maximum atomic E-state index is 5.75. The summed E-state index contributed by atoms with van der Waals surface area (Å²) in [4.78, 5) is 14.0. The van der Waals surface area contributed by atoms with E-state index in [0.717, 1.165) is 50.5 Å². The molecule has 0 N–H and O–H groups in total. The van der Waals surface area contributed by atoms with Crippen LogP contribution in [0.1, 0.15) is 0 Å². The lowest BCUT2D eigenvalue weighted by atomic mass is 10.1. The molecule has 34 heavy (non-hydrogen) atoms. The van der Waals surface area contributed by atoms with Gasteiger partial charge < -0.3 is 8.98 Å². The standard InChI is InChI=1S/C29H18N4O/c1-2-10-27-21(7-1)22-15-19-11-14-34-29(19)18-28(22)33(27)20-16-25(23-8-3-5-12-30-23)32-26(17-20)24-9-4-6-13-31-24/h1-18H. The van der Waals surface area contributed by atoms with Gasteiger partial charge in [0.2, 0.25) is 0 Å². The predicted molar refractivity (Wildman–Crippen MR) is 135 cm³/mol. The summed E-state index contributed by atoms with van der Waals surface area (Å²) in [6.07, 6.45) is 5.32. The first-order valence-electron chi connectivity index (χ1n) is 11.1. The first-order valence-corrected chi connectivity index (χ1v) is 11.1. The van der Waals surface area contributed by atoms with Gasteiger partial charge in [0.05, 0.1) is 45.8 Å². The van der Waals surface area contributed by atoms with Crippen molar-refractivity contribution in [1.29, 1.82) is 0 Å². The minimum absolute atomic E-state index is 0.795. The molecule has 0 atom stereocenters. The van der Waals surface area contributed by atoms with Gasteiger partial charge in [0, 0.05) is 34.6 Å². The second-order valence-corrected chi connectivity index (χ2v) is 8.21. The van der Waals surface area contributed by atoms with Crippen LogP contribution in [0.3, 0.4) is 0 Å². The van der Waals surface area contributed by atoms with E-state index in [1.807, 2.05) is 42.5 Å². The van der Waals surface area contributed by atoms with E-state index in [1.165, 1.54) is 10.8 Å². The molecule has 2 aromatic carbocycles. The van der Waals surface area contributed by atoms with Crippen LogP contribution >= 0.6 is 0 Å². The largest absolute Gasteiger partial charge is 0.464 e. The Bertz CT molecular complexity index is 1740. The molecule has 0 unspecified atom stereocenters. The molecule has 0 amide bonds. The highest BCUT2D eigenvalue weighted by molar-refractivity contribution is 6.13. The number of hydrogen-bond acceptors (Lipinski definition) is 4. The van der Waals surface area contributed by atoms with Gasteiger partial charge in [0.1, 0.15) is 5.58 Å². The molecular formula is C29H18N4O. The summed E-state index contributed by atoms with van der Waals surface area (Å²) in [6, 6.07) is 30.7. The van der Waals surface area contributed by atoms with Crippen molar-refractivity contribution >= 4 is 32.8 Å². The number of furan rings is 1. The summed E-state index contributed by atoms with van der Waals surface area (Å²) in [7, 11) is 0. The third-order valence-corrected chi connectivity index (χ3v) is 6.17. The average Bonchev–Trinajstić information content (AvgIpc) is 3.50. The zero-order chi connectivity index (χ0) is 22.5. The molecule has 5 heteroatoms. The minimum Gasteiger partial charge on any atom is -0.464 e. The van der Waals surface area contributed by atoms with Crippen molar-refractivity contribution in [3.05, 3.63) is 110 Å². The van der Waals surface area contributed by atoms with Crippen LogP contribution in [0.15, 0.2) is 114 Å². The van der Waals surface area contributed by atoms with Gasteiger partial charge in [-0.2, -0.15) is 0 Å². The quantitative estimate of drug-likeness (QED) is 0.297. The Balaban J connectivity index is 1.59. The van der Waals surface area contributed by atoms with E-state index < -0.39 is 0 Å². The van der Waals surface area contributed by atoms with E-state index in [0.29, 0.717) is 0 Å². The van der Waals surface area contributed by atoms with Crippen LogP contribution < -0.4 is 0 Å². The number of pyridine rings is 3. The summed E-state index contributed by atoms with van der Waals surface area (Å²) in [5, 5.41) is 3.46. The summed E-state index contributed by atoms with van der Waals surface area (Å²) in [5.41, 5.74) is 7.27. The Morgan fingerprint density at radius 3 is 2.00 bits per heavy atom. The number of rotatable bonds is 3. The van der Waals surface area contributed by atoms with Crippen molar-refractivity contribution in [2.24, 2.45) is 0 Å². The SMILES string of the molecule is c1ccc(-c2cc(-n3c4ccccc4c4cc5ccoc5cc43)cc(-c3ccccn3)n2)nc1. The molecule has 7 rings (SSSR count). The van der Waals surface area contributed by atoms with Gasteiger partial charge in [0.15, 0.2) is 0 Å². The maximum absolute atomic E-state index is 5.75. The second-order valence-electron chi connectivity index (χ2n) is 8.21. The topological polar surface area (TPSA) is 56.7 Å². The van der Waals surface area contributed by atoms with Gasteiger partial charge in [-0.25, -0.2) is 4.98 Å². The van der Waals surface area contributed by atoms with E-state index >= 15 is 0 Å². The molecule has 160 valence electrons. The van der Waals surface area contributed by atoms with Crippen LogP contribution in [0.5, 0.6) is 0 Å². The highest BCUT2D eigenvalue weighted by atomic mass is 16.3. The lowest BCUT2D eigenvalue weighted by Crippen LogP contribution is -1.99. The van der Waals surface area contributed by atoms with Crippen LogP contribution in [-0.2, 0) is 0 Å². The lowest BCUT2D eigenvalue weighted by molar-refractivity contribution is 0.616. The van der Waals surface area contributed by atoms with Crippen molar-refractivity contribution < 1.29 is 4.42 Å². The molecule has 0 saturated heterocycles. The van der Waals surface area contributed by atoms with Gasteiger partial charge in [-0.1, -0.05) is 30.3 Å². The molecule has 5 aromatic heterocycles. The highest BCUT2D eigenvalue weighted by Gasteiger charge is 2.17. The second kappa shape index (κ2) is 7.39. The van der Waals surface area contributed by atoms with Gasteiger partial charge >= 0.3 is 0 Å². The number of hydrogen-bond donors (Lipinski definition) is 0. The first-order chi connectivity index (χ1) is 16.8. The van der Waals surface area contributed by atoms with Crippen LogP contribution in [-0.4, -0.2) is 19.5 Å². The van der Waals surface area contributed by atoms with Crippen LogP contribution in [0.25, 0.3) is 61.2 Å². The molecule has 0 saturated carbocycles.